The number of para-hydroxylation sites is 1. The maximum atomic E-state index is 12.8. The molecule has 0 saturated heterocycles. The van der Waals surface area contributed by atoms with Crippen LogP contribution in [0.2, 0.25) is 0 Å². The largest absolute Gasteiger partial charge is 0.340 e. The number of urea groups is 1. The molecular weight excluding hydrogens is 354 g/mol. The van der Waals surface area contributed by atoms with E-state index in [-0.39, 0.29) is 6.03 Å². The first kappa shape index (κ1) is 20.3. The zero-order valence-electron chi connectivity index (χ0n) is 17.1. The highest BCUT2D eigenvalue weighted by atomic mass is 16.5. The van der Waals surface area contributed by atoms with E-state index in [2.05, 4.69) is 33.5 Å². The van der Waals surface area contributed by atoms with E-state index >= 15 is 0 Å². The van der Waals surface area contributed by atoms with Crippen LogP contribution in [0.15, 0.2) is 28.8 Å². The maximum Gasteiger partial charge on any atom is 0.322 e. The van der Waals surface area contributed by atoms with Crippen molar-refractivity contribution in [2.45, 2.75) is 65.1 Å². The van der Waals surface area contributed by atoms with Crippen LogP contribution in [0.3, 0.4) is 0 Å². The van der Waals surface area contributed by atoms with Gasteiger partial charge in [-0.2, -0.15) is 4.98 Å². The molecule has 0 radical (unpaired) electrons. The first-order valence-electron chi connectivity index (χ1n) is 10.2. The summed E-state index contributed by atoms with van der Waals surface area (Å²) in [5.74, 6) is 1.02. The topological polar surface area (TPSA) is 74.5 Å². The fourth-order valence-corrected chi connectivity index (χ4v) is 3.80. The van der Waals surface area contributed by atoms with Crippen molar-refractivity contribution in [2.75, 3.05) is 18.9 Å². The van der Waals surface area contributed by atoms with Gasteiger partial charge in [-0.15, -0.1) is 0 Å². The Balaban J connectivity index is 1.64. The van der Waals surface area contributed by atoms with Crippen LogP contribution in [0.4, 0.5) is 10.5 Å². The smallest absolute Gasteiger partial charge is 0.322 e. The van der Waals surface area contributed by atoms with Gasteiger partial charge in [0.05, 0.1) is 6.54 Å². The first-order valence-corrected chi connectivity index (χ1v) is 10.2. The number of rotatable bonds is 7. The Hall–Kier alpha value is -2.41. The van der Waals surface area contributed by atoms with Gasteiger partial charge in [-0.1, -0.05) is 42.6 Å². The lowest BCUT2D eigenvalue weighted by atomic mass is 9.94. The molecule has 7 nitrogen and oxygen atoms in total. The zero-order valence-corrected chi connectivity index (χ0v) is 17.1. The number of carbonyl (C=O) groups is 1. The summed E-state index contributed by atoms with van der Waals surface area (Å²) >= 11 is 0. The molecule has 0 atom stereocenters. The molecule has 2 amide bonds. The van der Waals surface area contributed by atoms with Crippen molar-refractivity contribution in [3.8, 4) is 0 Å². The van der Waals surface area contributed by atoms with Crippen molar-refractivity contribution >= 4 is 11.7 Å². The Kier molecular flexibility index (Phi) is 7.03. The van der Waals surface area contributed by atoms with Crippen molar-refractivity contribution in [1.29, 1.82) is 0 Å². The SMILES string of the molecule is CCN(Cc1noc(C)n1)C(=O)Nc1ccccc1CN(C)C1CCCCC1. The second-order valence-corrected chi connectivity index (χ2v) is 7.54. The number of benzene rings is 1. The van der Waals surface area contributed by atoms with Gasteiger partial charge in [-0.25, -0.2) is 4.79 Å². The van der Waals surface area contributed by atoms with Crippen LogP contribution in [0.5, 0.6) is 0 Å². The number of aryl methyl sites for hydroxylation is 1. The molecule has 0 bridgehead atoms. The monoisotopic (exact) mass is 385 g/mol. The van der Waals surface area contributed by atoms with Crippen LogP contribution in [-0.4, -0.2) is 45.6 Å². The molecule has 1 aromatic carbocycles. The fourth-order valence-electron chi connectivity index (χ4n) is 3.80. The molecule has 1 aliphatic rings. The maximum absolute atomic E-state index is 12.8. The van der Waals surface area contributed by atoms with E-state index in [0.29, 0.717) is 30.8 Å². The molecule has 1 N–H and O–H groups in total. The molecule has 2 aromatic rings. The quantitative estimate of drug-likeness (QED) is 0.773. The minimum absolute atomic E-state index is 0.155. The number of anilines is 1. The molecule has 0 spiro atoms. The Morgan fingerprint density at radius 3 is 2.64 bits per heavy atom. The van der Waals surface area contributed by atoms with Crippen LogP contribution in [-0.2, 0) is 13.1 Å². The lowest BCUT2D eigenvalue weighted by molar-refractivity contribution is 0.184. The van der Waals surface area contributed by atoms with Gasteiger partial charge in [0.25, 0.3) is 0 Å². The summed E-state index contributed by atoms with van der Waals surface area (Å²) < 4.78 is 5.00. The Bertz CT molecular complexity index is 770. The van der Waals surface area contributed by atoms with Crippen molar-refractivity contribution in [3.63, 3.8) is 0 Å². The average Bonchev–Trinajstić information content (AvgIpc) is 3.13. The van der Waals surface area contributed by atoms with Crippen molar-refractivity contribution in [2.24, 2.45) is 0 Å². The van der Waals surface area contributed by atoms with Gasteiger partial charge in [-0.3, -0.25) is 4.90 Å². The van der Waals surface area contributed by atoms with Gasteiger partial charge in [0.15, 0.2) is 5.82 Å². The molecule has 0 unspecified atom stereocenters. The minimum Gasteiger partial charge on any atom is -0.340 e. The van der Waals surface area contributed by atoms with E-state index in [1.165, 1.54) is 32.1 Å². The van der Waals surface area contributed by atoms with Crippen LogP contribution in [0, 0.1) is 6.92 Å². The van der Waals surface area contributed by atoms with Crippen LogP contribution < -0.4 is 5.32 Å². The summed E-state index contributed by atoms with van der Waals surface area (Å²) in [6.07, 6.45) is 6.50. The van der Waals surface area contributed by atoms with E-state index < -0.39 is 0 Å². The third-order valence-corrected chi connectivity index (χ3v) is 5.45. The average molecular weight is 386 g/mol. The summed E-state index contributed by atoms with van der Waals surface area (Å²) in [5.41, 5.74) is 1.99. The predicted octanol–water partition coefficient (Wildman–Crippen LogP) is 4.20. The van der Waals surface area contributed by atoms with Gasteiger partial charge in [0.1, 0.15) is 0 Å². The van der Waals surface area contributed by atoms with E-state index in [4.69, 9.17) is 4.52 Å². The number of carbonyl (C=O) groups excluding carboxylic acids is 1. The molecule has 1 heterocycles. The van der Waals surface area contributed by atoms with Gasteiger partial charge in [0.2, 0.25) is 5.89 Å². The van der Waals surface area contributed by atoms with Crippen molar-refractivity contribution in [1.82, 2.24) is 19.9 Å². The highest BCUT2D eigenvalue weighted by Gasteiger charge is 2.20. The molecule has 7 heteroatoms. The summed E-state index contributed by atoms with van der Waals surface area (Å²) in [6, 6.07) is 8.52. The number of hydrogen-bond donors (Lipinski definition) is 1. The first-order chi connectivity index (χ1) is 13.6. The molecule has 1 fully saturated rings. The molecule has 152 valence electrons. The standard InChI is InChI=1S/C21H31N5O2/c1-4-26(15-20-22-16(2)28-24-20)21(27)23-19-13-9-8-10-17(19)14-25(3)18-11-6-5-7-12-18/h8-10,13,18H,4-7,11-12,14-15H2,1-3H3,(H,23,27). The number of hydrogen-bond acceptors (Lipinski definition) is 5. The molecule has 28 heavy (non-hydrogen) atoms. The number of nitrogens with zero attached hydrogens (tertiary/aromatic N) is 4. The third-order valence-electron chi connectivity index (χ3n) is 5.45. The summed E-state index contributed by atoms with van der Waals surface area (Å²) in [4.78, 5) is 21.1. The normalized spacial score (nSPS) is 15.0. The Morgan fingerprint density at radius 1 is 1.21 bits per heavy atom. The summed E-state index contributed by atoms with van der Waals surface area (Å²) in [7, 11) is 2.19. The van der Waals surface area contributed by atoms with E-state index in [1.807, 2.05) is 25.1 Å². The van der Waals surface area contributed by atoms with Crippen LogP contribution in [0.1, 0.15) is 56.3 Å². The van der Waals surface area contributed by atoms with E-state index in [9.17, 15) is 4.79 Å². The molecular formula is C21H31N5O2. The molecule has 0 aliphatic heterocycles. The third kappa shape index (κ3) is 5.32. The van der Waals surface area contributed by atoms with Gasteiger partial charge in [-0.05, 0) is 38.4 Å². The second kappa shape index (κ2) is 9.68. The van der Waals surface area contributed by atoms with Crippen LogP contribution >= 0.6 is 0 Å². The number of amides is 2. The Labute approximate surface area is 167 Å². The Morgan fingerprint density at radius 2 is 1.96 bits per heavy atom. The zero-order chi connectivity index (χ0) is 19.9. The number of aromatic nitrogens is 2. The van der Waals surface area contributed by atoms with Crippen LogP contribution in [0.25, 0.3) is 0 Å². The molecule has 1 saturated carbocycles. The molecule has 1 aliphatic carbocycles. The second-order valence-electron chi connectivity index (χ2n) is 7.54. The minimum atomic E-state index is -0.155. The molecule has 1 aromatic heterocycles. The summed E-state index contributed by atoms with van der Waals surface area (Å²) in [6.45, 7) is 5.39. The van der Waals surface area contributed by atoms with Crippen molar-refractivity contribution < 1.29 is 9.32 Å². The lowest BCUT2D eigenvalue weighted by Crippen LogP contribution is -2.36. The van der Waals surface area contributed by atoms with Gasteiger partial charge >= 0.3 is 6.03 Å². The molecule has 3 rings (SSSR count). The van der Waals surface area contributed by atoms with Crippen molar-refractivity contribution in [3.05, 3.63) is 41.5 Å². The fraction of sp³-hybridized carbons (Fsp3) is 0.571. The van der Waals surface area contributed by atoms with E-state index in [0.717, 1.165) is 17.8 Å². The van der Waals surface area contributed by atoms with Gasteiger partial charge in [0, 0.05) is 31.7 Å². The highest BCUT2D eigenvalue weighted by molar-refractivity contribution is 5.90. The number of nitrogens with one attached hydrogen (secondary N) is 1. The van der Waals surface area contributed by atoms with E-state index in [1.54, 1.807) is 11.8 Å². The highest BCUT2D eigenvalue weighted by Crippen LogP contribution is 2.25. The van der Waals surface area contributed by atoms with Gasteiger partial charge < -0.3 is 14.7 Å². The predicted molar refractivity (Wildman–Crippen MR) is 109 cm³/mol. The summed E-state index contributed by atoms with van der Waals surface area (Å²) in [5, 5.41) is 6.96. The lowest BCUT2D eigenvalue weighted by Gasteiger charge is -2.31.